The van der Waals surface area contributed by atoms with Crippen LogP contribution in [0.5, 0.6) is 0 Å². The predicted octanol–water partition coefficient (Wildman–Crippen LogP) is 2.75. The first-order valence-electron chi connectivity index (χ1n) is 8.34. The van der Waals surface area contributed by atoms with Crippen LogP contribution in [0.4, 0.5) is 0 Å². The van der Waals surface area contributed by atoms with Gasteiger partial charge in [-0.05, 0) is 19.1 Å². The Bertz CT molecular complexity index is 721. The van der Waals surface area contributed by atoms with E-state index < -0.39 is 12.1 Å². The van der Waals surface area contributed by atoms with Crippen LogP contribution in [0.1, 0.15) is 27.6 Å². The second-order valence-electron chi connectivity index (χ2n) is 6.00. The molecule has 0 unspecified atom stereocenters. The van der Waals surface area contributed by atoms with E-state index in [9.17, 15) is 9.59 Å². The highest BCUT2D eigenvalue weighted by molar-refractivity contribution is 5.92. The minimum atomic E-state index is -0.951. The summed E-state index contributed by atoms with van der Waals surface area (Å²) in [6.07, 6.45) is -0.951. The van der Waals surface area contributed by atoms with E-state index >= 15 is 0 Å². The van der Waals surface area contributed by atoms with Crippen LogP contribution in [-0.2, 0) is 14.3 Å². The molecule has 1 fully saturated rings. The van der Waals surface area contributed by atoms with Crippen molar-refractivity contribution in [3.05, 3.63) is 71.3 Å². The topological polar surface area (TPSA) is 55.8 Å². The fourth-order valence-electron chi connectivity index (χ4n) is 2.70. The maximum Gasteiger partial charge on any atom is 0.339 e. The molecule has 1 aliphatic rings. The van der Waals surface area contributed by atoms with Crippen LogP contribution in [0, 0.1) is 6.92 Å². The SMILES string of the molecule is Cc1ccc(C(=O)O[C@@H](C(=O)N2CCOCC2)c2ccccc2)cc1. The Kier molecular flexibility index (Phi) is 5.46. The maximum absolute atomic E-state index is 12.9. The van der Waals surface area contributed by atoms with Gasteiger partial charge in [-0.1, -0.05) is 48.0 Å². The largest absolute Gasteiger partial charge is 0.444 e. The zero-order valence-corrected chi connectivity index (χ0v) is 14.2. The van der Waals surface area contributed by atoms with Gasteiger partial charge in [-0.2, -0.15) is 0 Å². The molecule has 1 saturated heterocycles. The average Bonchev–Trinajstić information content (AvgIpc) is 2.67. The fraction of sp³-hybridized carbons (Fsp3) is 0.300. The van der Waals surface area contributed by atoms with Gasteiger partial charge in [0.05, 0.1) is 18.8 Å². The molecule has 2 aromatic rings. The molecule has 0 spiro atoms. The first-order valence-corrected chi connectivity index (χ1v) is 8.34. The van der Waals surface area contributed by atoms with E-state index in [0.717, 1.165) is 5.56 Å². The first kappa shape index (κ1) is 17.2. The number of aryl methyl sites for hydroxylation is 1. The van der Waals surface area contributed by atoms with Crippen LogP contribution < -0.4 is 0 Å². The Morgan fingerprint density at radius 3 is 2.28 bits per heavy atom. The number of hydrogen-bond donors (Lipinski definition) is 0. The third-order valence-corrected chi connectivity index (χ3v) is 4.16. The molecule has 5 heteroatoms. The molecule has 1 aliphatic heterocycles. The van der Waals surface area contributed by atoms with Crippen LogP contribution in [0.3, 0.4) is 0 Å². The normalized spacial score (nSPS) is 15.5. The quantitative estimate of drug-likeness (QED) is 0.804. The molecule has 0 radical (unpaired) electrons. The average molecular weight is 339 g/mol. The monoisotopic (exact) mass is 339 g/mol. The summed E-state index contributed by atoms with van der Waals surface area (Å²) in [6.45, 7) is 3.96. The smallest absolute Gasteiger partial charge is 0.339 e. The molecule has 0 N–H and O–H groups in total. The summed E-state index contributed by atoms with van der Waals surface area (Å²) in [5.41, 5.74) is 2.15. The molecule has 25 heavy (non-hydrogen) atoms. The van der Waals surface area contributed by atoms with Gasteiger partial charge < -0.3 is 14.4 Å². The molecule has 1 heterocycles. The number of nitrogens with zero attached hydrogens (tertiary/aromatic N) is 1. The van der Waals surface area contributed by atoms with Crippen molar-refractivity contribution in [2.75, 3.05) is 26.3 Å². The minimum Gasteiger partial charge on any atom is -0.444 e. The number of hydrogen-bond acceptors (Lipinski definition) is 4. The van der Waals surface area contributed by atoms with E-state index in [1.165, 1.54) is 0 Å². The Morgan fingerprint density at radius 1 is 1.00 bits per heavy atom. The van der Waals surface area contributed by atoms with E-state index in [-0.39, 0.29) is 5.91 Å². The van der Waals surface area contributed by atoms with Crippen molar-refractivity contribution in [1.29, 1.82) is 0 Å². The number of morpholine rings is 1. The molecule has 0 bridgehead atoms. The summed E-state index contributed by atoms with van der Waals surface area (Å²) in [6, 6.07) is 16.2. The lowest BCUT2D eigenvalue weighted by molar-refractivity contribution is -0.145. The van der Waals surface area contributed by atoms with E-state index in [1.54, 1.807) is 29.2 Å². The van der Waals surface area contributed by atoms with Gasteiger partial charge in [0, 0.05) is 18.7 Å². The molecule has 3 rings (SSSR count). The number of rotatable bonds is 4. The third kappa shape index (κ3) is 4.25. The predicted molar refractivity (Wildman–Crippen MR) is 93.2 cm³/mol. The van der Waals surface area contributed by atoms with Gasteiger partial charge in [0.15, 0.2) is 0 Å². The lowest BCUT2D eigenvalue weighted by Gasteiger charge is -2.30. The van der Waals surface area contributed by atoms with Gasteiger partial charge >= 0.3 is 5.97 Å². The van der Waals surface area contributed by atoms with Crippen LogP contribution in [0.2, 0.25) is 0 Å². The van der Waals surface area contributed by atoms with Crippen molar-refractivity contribution in [2.24, 2.45) is 0 Å². The zero-order chi connectivity index (χ0) is 17.6. The van der Waals surface area contributed by atoms with Crippen molar-refractivity contribution < 1.29 is 19.1 Å². The van der Waals surface area contributed by atoms with Gasteiger partial charge in [0.1, 0.15) is 0 Å². The number of carbonyl (C=O) groups is 2. The van der Waals surface area contributed by atoms with Gasteiger partial charge in [0.25, 0.3) is 5.91 Å². The lowest BCUT2D eigenvalue weighted by Crippen LogP contribution is -2.44. The van der Waals surface area contributed by atoms with E-state index in [4.69, 9.17) is 9.47 Å². The highest BCUT2D eigenvalue weighted by atomic mass is 16.5. The van der Waals surface area contributed by atoms with Gasteiger partial charge in [-0.3, -0.25) is 4.79 Å². The Morgan fingerprint density at radius 2 is 1.64 bits per heavy atom. The Hall–Kier alpha value is -2.66. The molecule has 0 aliphatic carbocycles. The van der Waals surface area contributed by atoms with Crippen LogP contribution >= 0.6 is 0 Å². The molecular formula is C20H21NO4. The van der Waals surface area contributed by atoms with Crippen molar-refractivity contribution in [3.63, 3.8) is 0 Å². The third-order valence-electron chi connectivity index (χ3n) is 4.16. The second-order valence-corrected chi connectivity index (χ2v) is 6.00. The summed E-state index contributed by atoms with van der Waals surface area (Å²) < 4.78 is 10.9. The van der Waals surface area contributed by atoms with Crippen LogP contribution in [0.15, 0.2) is 54.6 Å². The highest BCUT2D eigenvalue weighted by Gasteiger charge is 2.30. The summed E-state index contributed by atoms with van der Waals surface area (Å²) in [4.78, 5) is 27.1. The number of ether oxygens (including phenoxy) is 2. The highest BCUT2D eigenvalue weighted by Crippen LogP contribution is 2.22. The molecule has 0 saturated carbocycles. The number of esters is 1. The van der Waals surface area contributed by atoms with Crippen LogP contribution in [0.25, 0.3) is 0 Å². The molecule has 0 aromatic heterocycles. The molecule has 130 valence electrons. The summed E-state index contributed by atoms with van der Waals surface area (Å²) in [5, 5.41) is 0. The van der Waals surface area contributed by atoms with Crippen molar-refractivity contribution >= 4 is 11.9 Å². The van der Waals surface area contributed by atoms with Crippen molar-refractivity contribution in [3.8, 4) is 0 Å². The van der Waals surface area contributed by atoms with Gasteiger partial charge in [0.2, 0.25) is 6.10 Å². The van der Waals surface area contributed by atoms with E-state index in [2.05, 4.69) is 0 Å². The van der Waals surface area contributed by atoms with Gasteiger partial charge in [-0.15, -0.1) is 0 Å². The first-order chi connectivity index (χ1) is 12.1. The molecule has 1 amide bonds. The second kappa shape index (κ2) is 7.94. The molecular weight excluding hydrogens is 318 g/mol. The van der Waals surface area contributed by atoms with Crippen molar-refractivity contribution in [1.82, 2.24) is 4.90 Å². The summed E-state index contributed by atoms with van der Waals surface area (Å²) >= 11 is 0. The Labute approximate surface area is 147 Å². The number of benzene rings is 2. The standard InChI is InChI=1S/C20H21NO4/c1-15-7-9-17(10-8-15)20(23)25-18(16-5-3-2-4-6-16)19(22)21-11-13-24-14-12-21/h2-10,18H,11-14H2,1H3/t18-/m1/s1. The minimum absolute atomic E-state index is 0.213. The summed E-state index contributed by atoms with van der Waals surface area (Å²) in [5.74, 6) is -0.717. The zero-order valence-electron chi connectivity index (χ0n) is 14.2. The Balaban J connectivity index is 1.82. The molecule has 1 atom stereocenters. The lowest BCUT2D eigenvalue weighted by atomic mass is 10.1. The molecule has 5 nitrogen and oxygen atoms in total. The summed E-state index contributed by atoms with van der Waals surface area (Å²) in [7, 11) is 0. The maximum atomic E-state index is 12.9. The fourth-order valence-corrected chi connectivity index (χ4v) is 2.70. The number of amides is 1. The van der Waals surface area contributed by atoms with Crippen molar-refractivity contribution in [2.45, 2.75) is 13.0 Å². The van der Waals surface area contributed by atoms with E-state index in [0.29, 0.717) is 37.4 Å². The molecule has 2 aromatic carbocycles. The van der Waals surface area contributed by atoms with E-state index in [1.807, 2.05) is 37.3 Å². The number of carbonyl (C=O) groups excluding carboxylic acids is 2. The van der Waals surface area contributed by atoms with Crippen LogP contribution in [-0.4, -0.2) is 43.1 Å². The van der Waals surface area contributed by atoms with Gasteiger partial charge in [-0.25, -0.2) is 4.79 Å².